The van der Waals surface area contributed by atoms with Gasteiger partial charge in [0.15, 0.2) is 0 Å². The molecule has 0 aliphatic carbocycles. The van der Waals surface area contributed by atoms with Gasteiger partial charge in [-0.25, -0.2) is 0 Å². The summed E-state index contributed by atoms with van der Waals surface area (Å²) in [6.07, 6.45) is 0. The molecule has 0 saturated carbocycles. The Labute approximate surface area is 61.6 Å². The smallest absolute Gasteiger partial charge is 0.306 e. The van der Waals surface area contributed by atoms with Gasteiger partial charge in [0.1, 0.15) is 9.76 Å². The lowest BCUT2D eigenvalue weighted by Crippen LogP contribution is -2.27. The highest BCUT2D eigenvalue weighted by atomic mass is 28.4. The van der Waals surface area contributed by atoms with Crippen molar-refractivity contribution < 1.29 is 13.0 Å². The second-order valence-electron chi connectivity index (χ2n) is 1.76. The molecule has 2 unspecified atom stereocenters. The standard InChI is InChI=1S/C3H14O3Si3/c1-7-5-9(3)6-8(2)4/h4,8-9H,7H2,1-3H3. The fourth-order valence-electron chi connectivity index (χ4n) is 0.551. The molecule has 0 rings (SSSR count). The Morgan fingerprint density at radius 2 is 2.00 bits per heavy atom. The van der Waals surface area contributed by atoms with Crippen LogP contribution >= 0.6 is 0 Å². The molecule has 56 valence electrons. The summed E-state index contributed by atoms with van der Waals surface area (Å²) < 4.78 is 10.4. The minimum atomic E-state index is -1.80. The van der Waals surface area contributed by atoms with Gasteiger partial charge in [-0.05, 0) is 13.1 Å². The lowest BCUT2D eigenvalue weighted by Gasteiger charge is -2.12. The van der Waals surface area contributed by atoms with Gasteiger partial charge >= 0.3 is 9.28 Å². The van der Waals surface area contributed by atoms with Crippen molar-refractivity contribution in [3.05, 3.63) is 0 Å². The largest absolute Gasteiger partial charge is 0.444 e. The van der Waals surface area contributed by atoms with Crippen LogP contribution in [0.2, 0.25) is 19.6 Å². The molecule has 0 heterocycles. The van der Waals surface area contributed by atoms with Crippen molar-refractivity contribution in [2.45, 2.75) is 19.6 Å². The molecule has 0 aliphatic rings. The predicted octanol–water partition coefficient (Wildman–Crippen LogP) is -1.16. The summed E-state index contributed by atoms with van der Waals surface area (Å²) in [6, 6.07) is 0. The van der Waals surface area contributed by atoms with Crippen molar-refractivity contribution in [1.29, 1.82) is 0 Å². The molecule has 3 nitrogen and oxygen atoms in total. The maximum Gasteiger partial charge on any atom is 0.306 e. The Morgan fingerprint density at radius 1 is 1.44 bits per heavy atom. The monoisotopic (exact) mass is 182 g/mol. The van der Waals surface area contributed by atoms with Gasteiger partial charge in [-0.2, -0.15) is 0 Å². The van der Waals surface area contributed by atoms with E-state index < -0.39 is 18.6 Å². The van der Waals surface area contributed by atoms with Crippen molar-refractivity contribution in [1.82, 2.24) is 0 Å². The van der Waals surface area contributed by atoms with Gasteiger partial charge < -0.3 is 13.0 Å². The van der Waals surface area contributed by atoms with E-state index in [9.17, 15) is 0 Å². The molecule has 0 fully saturated rings. The van der Waals surface area contributed by atoms with Crippen molar-refractivity contribution in [3.63, 3.8) is 0 Å². The third-order valence-electron chi connectivity index (χ3n) is 0.790. The molecule has 6 heteroatoms. The minimum Gasteiger partial charge on any atom is -0.444 e. The second kappa shape index (κ2) is 5.33. The summed E-state index contributed by atoms with van der Waals surface area (Å²) in [5.41, 5.74) is 0. The summed E-state index contributed by atoms with van der Waals surface area (Å²) in [5.74, 6) is 0. The quantitative estimate of drug-likeness (QED) is 0.558. The van der Waals surface area contributed by atoms with Gasteiger partial charge in [-0.15, -0.1) is 0 Å². The first kappa shape index (κ1) is 9.53. The first-order valence-corrected chi connectivity index (χ1v) is 9.35. The molecule has 0 amide bonds. The molecule has 0 aliphatic heterocycles. The third-order valence-corrected chi connectivity index (χ3v) is 7.11. The van der Waals surface area contributed by atoms with Gasteiger partial charge in [0.05, 0.1) is 0 Å². The van der Waals surface area contributed by atoms with Crippen molar-refractivity contribution in [3.8, 4) is 0 Å². The Morgan fingerprint density at radius 3 is 2.33 bits per heavy atom. The van der Waals surface area contributed by atoms with Crippen LogP contribution in [0.15, 0.2) is 0 Å². The van der Waals surface area contributed by atoms with Crippen LogP contribution in [0, 0.1) is 0 Å². The molecule has 0 aromatic heterocycles. The van der Waals surface area contributed by atoms with E-state index in [4.69, 9.17) is 13.0 Å². The first-order chi connectivity index (χ1) is 4.16. The van der Waals surface area contributed by atoms with E-state index >= 15 is 0 Å². The average molecular weight is 182 g/mol. The third kappa shape index (κ3) is 6.42. The lowest BCUT2D eigenvalue weighted by molar-refractivity contribution is 0.380. The van der Waals surface area contributed by atoms with Crippen molar-refractivity contribution in [2.24, 2.45) is 0 Å². The van der Waals surface area contributed by atoms with Crippen LogP contribution in [-0.2, 0) is 8.23 Å². The van der Waals surface area contributed by atoms with E-state index in [1.807, 2.05) is 6.55 Å². The Balaban J connectivity index is 3.15. The molecule has 9 heavy (non-hydrogen) atoms. The normalized spacial score (nSPS) is 18.7. The lowest BCUT2D eigenvalue weighted by atomic mass is 11.9. The summed E-state index contributed by atoms with van der Waals surface area (Å²) in [7, 11) is -3.52. The molecule has 0 saturated heterocycles. The predicted molar refractivity (Wildman–Crippen MR) is 44.8 cm³/mol. The van der Waals surface area contributed by atoms with Crippen LogP contribution in [-0.4, -0.2) is 33.1 Å². The minimum absolute atomic E-state index is 0.329. The van der Waals surface area contributed by atoms with Crippen molar-refractivity contribution in [2.75, 3.05) is 0 Å². The fraction of sp³-hybridized carbons (Fsp3) is 1.00. The maximum absolute atomic E-state index is 8.84. The molecule has 0 aromatic carbocycles. The van der Waals surface area contributed by atoms with E-state index in [1.165, 1.54) is 0 Å². The van der Waals surface area contributed by atoms with Gasteiger partial charge in [0.25, 0.3) is 9.28 Å². The van der Waals surface area contributed by atoms with Gasteiger partial charge in [-0.3, -0.25) is 0 Å². The molecule has 2 atom stereocenters. The first-order valence-electron chi connectivity index (χ1n) is 3.12. The zero-order chi connectivity index (χ0) is 7.28. The number of rotatable bonds is 4. The summed E-state index contributed by atoms with van der Waals surface area (Å²) >= 11 is 0. The van der Waals surface area contributed by atoms with Crippen LogP contribution in [0.25, 0.3) is 0 Å². The Hall–Kier alpha value is 0.531. The van der Waals surface area contributed by atoms with Crippen molar-refractivity contribution >= 4 is 28.3 Å². The number of hydrogen-bond donors (Lipinski definition) is 1. The van der Waals surface area contributed by atoms with E-state index in [0.717, 1.165) is 0 Å². The Bertz CT molecular complexity index is 69.3. The summed E-state index contributed by atoms with van der Waals surface area (Å²) in [5, 5.41) is 0. The topological polar surface area (TPSA) is 38.7 Å². The Kier molecular flexibility index (Phi) is 5.64. The molecule has 1 N–H and O–H groups in total. The average Bonchev–Trinajstić information content (AvgIpc) is 1.63. The van der Waals surface area contributed by atoms with Gasteiger partial charge in [0.2, 0.25) is 0 Å². The zero-order valence-electron chi connectivity index (χ0n) is 6.13. The van der Waals surface area contributed by atoms with E-state index in [-0.39, 0.29) is 9.76 Å². The zero-order valence-corrected chi connectivity index (χ0v) is 9.85. The van der Waals surface area contributed by atoms with Crippen LogP contribution < -0.4 is 0 Å². The molecule has 0 bridgehead atoms. The highest BCUT2D eigenvalue weighted by molar-refractivity contribution is 6.60. The highest BCUT2D eigenvalue weighted by Crippen LogP contribution is 1.88. The summed E-state index contributed by atoms with van der Waals surface area (Å²) in [4.78, 5) is 8.84. The fourth-order valence-corrected chi connectivity index (χ4v) is 5.67. The van der Waals surface area contributed by atoms with E-state index in [0.29, 0.717) is 0 Å². The molecule has 0 aromatic rings. The molecule has 0 spiro atoms. The van der Waals surface area contributed by atoms with Gasteiger partial charge in [0, 0.05) is 0 Å². The van der Waals surface area contributed by atoms with Crippen LogP contribution in [0.4, 0.5) is 0 Å². The molecular weight excluding hydrogens is 168 g/mol. The molecular formula is C3H14O3Si3. The van der Waals surface area contributed by atoms with E-state index in [1.54, 1.807) is 6.55 Å². The number of hydrogen-bond acceptors (Lipinski definition) is 3. The van der Waals surface area contributed by atoms with Crippen LogP contribution in [0.5, 0.6) is 0 Å². The van der Waals surface area contributed by atoms with Gasteiger partial charge in [-0.1, -0.05) is 6.55 Å². The van der Waals surface area contributed by atoms with Crippen LogP contribution in [0.1, 0.15) is 0 Å². The highest BCUT2D eigenvalue weighted by Gasteiger charge is 2.07. The SMILES string of the molecule is C[SiH2]O[SiH](C)O[SiH](C)O. The summed E-state index contributed by atoms with van der Waals surface area (Å²) in [6.45, 7) is 5.76. The van der Waals surface area contributed by atoms with E-state index in [2.05, 4.69) is 6.55 Å². The molecule has 0 radical (unpaired) electrons. The van der Waals surface area contributed by atoms with Crippen LogP contribution in [0.3, 0.4) is 0 Å². The second-order valence-corrected chi connectivity index (χ2v) is 7.09. The maximum atomic E-state index is 8.84.